The molecule has 3 rings (SSSR count). The molecule has 0 saturated carbocycles. The van der Waals surface area contributed by atoms with Gasteiger partial charge in [0.05, 0.1) is 6.54 Å². The number of carbonyl (C=O) groups is 1. The van der Waals surface area contributed by atoms with Crippen LogP contribution < -0.4 is 14.8 Å². The first-order valence-electron chi connectivity index (χ1n) is 9.64. The van der Waals surface area contributed by atoms with Crippen LogP contribution in [0.5, 0.6) is 11.5 Å². The number of amides is 2. The first-order chi connectivity index (χ1) is 13.5. The van der Waals surface area contributed by atoms with Crippen molar-refractivity contribution in [1.82, 2.24) is 4.90 Å². The molecule has 2 atom stereocenters. The Bertz CT molecular complexity index is 827. The van der Waals surface area contributed by atoms with E-state index in [-0.39, 0.29) is 12.1 Å². The Hall–Kier alpha value is -2.34. The molecule has 6 heteroatoms. The maximum atomic E-state index is 12.6. The van der Waals surface area contributed by atoms with Crippen molar-refractivity contribution in [1.29, 1.82) is 0 Å². The molecule has 28 heavy (non-hydrogen) atoms. The van der Waals surface area contributed by atoms with E-state index in [9.17, 15) is 4.79 Å². The number of hydrogen-bond donors (Lipinski definition) is 1. The highest BCUT2D eigenvalue weighted by molar-refractivity contribution is 7.99. The summed E-state index contributed by atoms with van der Waals surface area (Å²) in [6, 6.07) is 13.6. The molecular formula is C22H28N2O3S. The van der Waals surface area contributed by atoms with Gasteiger partial charge in [-0.2, -0.15) is 0 Å². The third-order valence-corrected chi connectivity index (χ3v) is 6.01. The van der Waals surface area contributed by atoms with Crippen LogP contribution in [0.25, 0.3) is 0 Å². The van der Waals surface area contributed by atoms with E-state index in [1.54, 1.807) is 11.9 Å². The Morgan fingerprint density at radius 1 is 1.29 bits per heavy atom. The number of para-hydroxylation sites is 2. The van der Waals surface area contributed by atoms with Crippen molar-refractivity contribution >= 4 is 23.5 Å². The number of hydrogen-bond acceptors (Lipinski definition) is 4. The number of thioether (sulfide) groups is 1. The van der Waals surface area contributed by atoms with Crippen LogP contribution >= 0.6 is 11.8 Å². The Morgan fingerprint density at radius 3 is 2.75 bits per heavy atom. The van der Waals surface area contributed by atoms with Gasteiger partial charge in [-0.1, -0.05) is 26.0 Å². The van der Waals surface area contributed by atoms with Crippen molar-refractivity contribution in [3.8, 4) is 11.5 Å². The van der Waals surface area contributed by atoms with Gasteiger partial charge in [0.1, 0.15) is 6.61 Å². The molecule has 1 aliphatic rings. The molecule has 1 heterocycles. The number of anilines is 1. The predicted molar refractivity (Wildman–Crippen MR) is 115 cm³/mol. The average Bonchev–Trinajstić information content (AvgIpc) is 2.69. The van der Waals surface area contributed by atoms with Crippen molar-refractivity contribution in [2.75, 3.05) is 25.5 Å². The first kappa shape index (κ1) is 20.4. The van der Waals surface area contributed by atoms with E-state index in [2.05, 4.69) is 31.3 Å². The molecule has 150 valence electrons. The fourth-order valence-corrected chi connectivity index (χ4v) is 3.94. The smallest absolute Gasteiger partial charge is 0.321 e. The van der Waals surface area contributed by atoms with Crippen molar-refractivity contribution < 1.29 is 14.3 Å². The van der Waals surface area contributed by atoms with Gasteiger partial charge in [-0.15, -0.1) is 11.8 Å². The molecule has 2 unspecified atom stereocenters. The van der Waals surface area contributed by atoms with Gasteiger partial charge in [0, 0.05) is 22.9 Å². The van der Waals surface area contributed by atoms with Crippen LogP contribution in [0.1, 0.15) is 25.8 Å². The third-order valence-electron chi connectivity index (χ3n) is 4.74. The van der Waals surface area contributed by atoms with Gasteiger partial charge in [0.25, 0.3) is 0 Å². The molecule has 1 N–H and O–H groups in total. The molecular weight excluding hydrogens is 372 g/mol. The van der Waals surface area contributed by atoms with E-state index in [1.165, 1.54) is 4.90 Å². The normalized spacial score (nSPS) is 16.4. The zero-order chi connectivity index (χ0) is 20.1. The number of likely N-dealkylation sites (N-methyl/N-ethyl adjacent to an activating group) is 1. The van der Waals surface area contributed by atoms with Crippen LogP contribution in [0.15, 0.2) is 47.4 Å². The van der Waals surface area contributed by atoms with E-state index in [0.717, 1.165) is 29.2 Å². The van der Waals surface area contributed by atoms with Gasteiger partial charge in [-0.25, -0.2) is 4.79 Å². The van der Waals surface area contributed by atoms with Gasteiger partial charge in [0.2, 0.25) is 0 Å². The molecule has 5 nitrogen and oxygen atoms in total. The summed E-state index contributed by atoms with van der Waals surface area (Å²) in [5.41, 5.74) is 1.89. The van der Waals surface area contributed by atoms with E-state index in [1.807, 2.05) is 49.0 Å². The zero-order valence-corrected chi connectivity index (χ0v) is 17.7. The van der Waals surface area contributed by atoms with Crippen LogP contribution in [0.3, 0.4) is 0 Å². The predicted octanol–water partition coefficient (Wildman–Crippen LogP) is 5.19. The number of benzene rings is 2. The molecule has 0 radical (unpaired) electrons. The zero-order valence-electron chi connectivity index (χ0n) is 16.9. The highest BCUT2D eigenvalue weighted by Gasteiger charge is 2.24. The second kappa shape index (κ2) is 9.24. The van der Waals surface area contributed by atoms with Gasteiger partial charge < -0.3 is 19.7 Å². The minimum Gasteiger partial charge on any atom is -0.486 e. The van der Waals surface area contributed by atoms with Crippen LogP contribution in [0, 0.1) is 6.92 Å². The van der Waals surface area contributed by atoms with E-state index in [4.69, 9.17) is 9.47 Å². The lowest BCUT2D eigenvalue weighted by molar-refractivity contribution is 0.0731. The maximum Gasteiger partial charge on any atom is 0.321 e. The average molecular weight is 401 g/mol. The van der Waals surface area contributed by atoms with Crippen LogP contribution in [-0.4, -0.2) is 42.5 Å². The summed E-state index contributed by atoms with van der Waals surface area (Å²) in [7, 11) is 1.77. The fourth-order valence-electron chi connectivity index (χ4n) is 2.92. The molecule has 2 aromatic carbocycles. The van der Waals surface area contributed by atoms with Crippen molar-refractivity contribution in [2.45, 2.75) is 43.4 Å². The first-order valence-corrected chi connectivity index (χ1v) is 10.5. The highest BCUT2D eigenvalue weighted by atomic mass is 32.2. The lowest BCUT2D eigenvalue weighted by atomic mass is 10.2. The van der Waals surface area contributed by atoms with Crippen molar-refractivity contribution in [3.63, 3.8) is 0 Å². The Morgan fingerprint density at radius 2 is 2.04 bits per heavy atom. The monoisotopic (exact) mass is 400 g/mol. The maximum absolute atomic E-state index is 12.6. The summed E-state index contributed by atoms with van der Waals surface area (Å²) in [5, 5.41) is 3.57. The Kier molecular flexibility index (Phi) is 6.73. The number of nitrogens with one attached hydrogen (secondary N) is 1. The van der Waals surface area contributed by atoms with Crippen LogP contribution in [0.4, 0.5) is 10.5 Å². The molecule has 0 aliphatic carbocycles. The van der Waals surface area contributed by atoms with Crippen LogP contribution in [-0.2, 0) is 0 Å². The van der Waals surface area contributed by atoms with Gasteiger partial charge in [-0.3, -0.25) is 0 Å². The molecule has 0 fully saturated rings. The summed E-state index contributed by atoms with van der Waals surface area (Å²) in [6.45, 7) is 7.30. The summed E-state index contributed by atoms with van der Waals surface area (Å²) in [5.74, 6) is 1.47. The number of carbonyl (C=O) groups excluding carboxylic acids is 1. The standard InChI is InChI=1S/C22H28N2O3S/c1-5-16(3)28-18-10-11-19(15(2)12-18)23-22(25)24(4)13-17-14-26-20-8-6-7-9-21(20)27-17/h6-12,16-17H,5,13-14H2,1-4H3,(H,23,25). The SMILES string of the molecule is CCC(C)Sc1ccc(NC(=O)N(C)CC2COc3ccccc3O2)c(C)c1. The second-order valence-electron chi connectivity index (χ2n) is 7.12. The number of rotatable bonds is 6. The molecule has 0 saturated heterocycles. The van der Waals surface area contributed by atoms with Crippen molar-refractivity contribution in [3.05, 3.63) is 48.0 Å². The molecule has 0 bridgehead atoms. The summed E-state index contributed by atoms with van der Waals surface area (Å²) < 4.78 is 11.7. The molecule has 2 aromatic rings. The largest absolute Gasteiger partial charge is 0.486 e. The third kappa shape index (κ3) is 5.13. The molecule has 0 aromatic heterocycles. The second-order valence-corrected chi connectivity index (χ2v) is 8.63. The minimum absolute atomic E-state index is 0.159. The molecule has 1 aliphatic heterocycles. The van der Waals surface area contributed by atoms with Gasteiger partial charge in [0.15, 0.2) is 17.6 Å². The Labute approximate surface area is 171 Å². The van der Waals surface area contributed by atoms with E-state index < -0.39 is 0 Å². The number of nitrogens with zero attached hydrogens (tertiary/aromatic N) is 1. The Balaban J connectivity index is 1.56. The topological polar surface area (TPSA) is 50.8 Å². The van der Waals surface area contributed by atoms with Gasteiger partial charge in [-0.05, 0) is 49.2 Å². The summed E-state index contributed by atoms with van der Waals surface area (Å²) in [6.07, 6.45) is 0.936. The summed E-state index contributed by atoms with van der Waals surface area (Å²) >= 11 is 1.86. The highest BCUT2D eigenvalue weighted by Crippen LogP contribution is 2.31. The fraction of sp³-hybridized carbons (Fsp3) is 0.409. The lowest BCUT2D eigenvalue weighted by Gasteiger charge is -2.29. The lowest BCUT2D eigenvalue weighted by Crippen LogP contribution is -2.43. The molecule has 2 amide bonds. The summed E-state index contributed by atoms with van der Waals surface area (Å²) in [4.78, 5) is 15.5. The quantitative estimate of drug-likeness (QED) is 0.678. The van der Waals surface area contributed by atoms with Gasteiger partial charge >= 0.3 is 6.03 Å². The van der Waals surface area contributed by atoms with E-state index in [0.29, 0.717) is 18.4 Å². The minimum atomic E-state index is -0.193. The van der Waals surface area contributed by atoms with Crippen molar-refractivity contribution in [2.24, 2.45) is 0 Å². The number of fused-ring (bicyclic) bond motifs is 1. The number of aryl methyl sites for hydroxylation is 1. The molecule has 0 spiro atoms. The number of ether oxygens (including phenoxy) is 2. The van der Waals surface area contributed by atoms with E-state index >= 15 is 0 Å². The van der Waals surface area contributed by atoms with Crippen LogP contribution in [0.2, 0.25) is 0 Å². The number of urea groups is 1.